The SMILES string of the molecule is Cc1ccc(C(=O)O)c(N)c1CS(=O)c1nc2ccccc2[nH]1. The number of nitrogens with zero attached hydrogens (tertiary/aromatic N) is 1. The van der Waals surface area contributed by atoms with Crippen molar-refractivity contribution >= 4 is 33.5 Å². The molecule has 0 bridgehead atoms. The first-order valence-electron chi connectivity index (χ1n) is 6.91. The first-order valence-corrected chi connectivity index (χ1v) is 8.23. The molecule has 1 atom stereocenters. The molecule has 2 aromatic carbocycles. The van der Waals surface area contributed by atoms with Crippen LogP contribution in [0, 0.1) is 6.92 Å². The van der Waals surface area contributed by atoms with Crippen LogP contribution in [-0.4, -0.2) is 25.3 Å². The minimum atomic E-state index is -1.45. The molecule has 4 N–H and O–H groups in total. The highest BCUT2D eigenvalue weighted by Crippen LogP contribution is 2.25. The van der Waals surface area contributed by atoms with Crippen LogP contribution in [0.5, 0.6) is 0 Å². The molecule has 1 heterocycles. The molecule has 23 heavy (non-hydrogen) atoms. The molecule has 0 aliphatic carbocycles. The Hall–Kier alpha value is -2.67. The van der Waals surface area contributed by atoms with Crippen molar-refractivity contribution in [2.45, 2.75) is 17.8 Å². The highest BCUT2D eigenvalue weighted by Gasteiger charge is 2.18. The molecular formula is C16H15N3O3S. The zero-order chi connectivity index (χ0) is 16.6. The third-order valence-electron chi connectivity index (χ3n) is 3.68. The van der Waals surface area contributed by atoms with Crippen molar-refractivity contribution in [1.29, 1.82) is 0 Å². The van der Waals surface area contributed by atoms with E-state index in [1.54, 1.807) is 6.07 Å². The second-order valence-corrected chi connectivity index (χ2v) is 6.54. The Kier molecular flexibility index (Phi) is 3.87. The summed E-state index contributed by atoms with van der Waals surface area (Å²) < 4.78 is 12.6. The van der Waals surface area contributed by atoms with E-state index in [0.29, 0.717) is 10.7 Å². The maximum Gasteiger partial charge on any atom is 0.337 e. The fourth-order valence-corrected chi connectivity index (χ4v) is 3.59. The summed E-state index contributed by atoms with van der Waals surface area (Å²) in [7, 11) is -1.45. The van der Waals surface area contributed by atoms with E-state index in [0.717, 1.165) is 16.6 Å². The number of anilines is 1. The normalized spacial score (nSPS) is 12.4. The van der Waals surface area contributed by atoms with Gasteiger partial charge in [0.2, 0.25) is 0 Å². The number of nitrogens with two attached hydrogens (primary N) is 1. The molecule has 0 spiro atoms. The van der Waals surface area contributed by atoms with Crippen LogP contribution in [0.2, 0.25) is 0 Å². The maximum absolute atomic E-state index is 12.6. The number of carboxylic acid groups (broad SMARTS) is 1. The van der Waals surface area contributed by atoms with Crippen molar-refractivity contribution < 1.29 is 14.1 Å². The van der Waals surface area contributed by atoms with Crippen LogP contribution in [0.1, 0.15) is 21.5 Å². The van der Waals surface area contributed by atoms with E-state index < -0.39 is 16.8 Å². The lowest BCUT2D eigenvalue weighted by Crippen LogP contribution is -2.09. The lowest BCUT2D eigenvalue weighted by atomic mass is 10.0. The minimum Gasteiger partial charge on any atom is -0.478 e. The van der Waals surface area contributed by atoms with Crippen LogP contribution < -0.4 is 5.73 Å². The number of aromatic nitrogens is 2. The fraction of sp³-hybridized carbons (Fsp3) is 0.125. The number of rotatable bonds is 4. The molecule has 7 heteroatoms. The minimum absolute atomic E-state index is 0.0206. The van der Waals surface area contributed by atoms with Crippen molar-refractivity contribution in [2.75, 3.05) is 5.73 Å². The molecule has 0 saturated carbocycles. The maximum atomic E-state index is 12.6. The van der Waals surface area contributed by atoms with E-state index in [4.69, 9.17) is 10.8 Å². The predicted molar refractivity (Wildman–Crippen MR) is 88.8 cm³/mol. The summed E-state index contributed by atoms with van der Waals surface area (Å²) in [5.41, 5.74) is 9.03. The number of fused-ring (bicyclic) bond motifs is 1. The lowest BCUT2D eigenvalue weighted by Gasteiger charge is -2.11. The topological polar surface area (TPSA) is 109 Å². The average molecular weight is 329 g/mol. The standard InChI is InChI=1S/C16H15N3O3S/c1-9-6-7-10(15(20)21)14(17)11(9)8-23(22)16-18-12-4-2-3-5-13(12)19-16/h2-7H,8,17H2,1H3,(H,18,19)(H,20,21). The van der Waals surface area contributed by atoms with Gasteiger partial charge in [0.15, 0.2) is 5.16 Å². The number of carboxylic acids is 1. The summed E-state index contributed by atoms with van der Waals surface area (Å²) in [6.45, 7) is 1.81. The molecule has 3 aromatic rings. The van der Waals surface area contributed by atoms with Gasteiger partial charge in [-0.1, -0.05) is 18.2 Å². The fourth-order valence-electron chi connectivity index (χ4n) is 2.39. The largest absolute Gasteiger partial charge is 0.478 e. The summed E-state index contributed by atoms with van der Waals surface area (Å²) in [6, 6.07) is 10.5. The molecule has 0 saturated heterocycles. The van der Waals surface area contributed by atoms with Gasteiger partial charge in [0.05, 0.1) is 38.8 Å². The zero-order valence-electron chi connectivity index (χ0n) is 12.4. The number of nitrogen functional groups attached to an aromatic ring is 1. The number of nitrogens with one attached hydrogen (secondary N) is 1. The van der Waals surface area contributed by atoms with E-state index in [-0.39, 0.29) is 17.0 Å². The Labute approximate surface area is 134 Å². The third kappa shape index (κ3) is 2.83. The van der Waals surface area contributed by atoms with Crippen LogP contribution in [0.3, 0.4) is 0 Å². The second kappa shape index (κ2) is 5.85. The van der Waals surface area contributed by atoms with Crippen LogP contribution in [-0.2, 0) is 16.6 Å². The monoisotopic (exact) mass is 329 g/mol. The summed E-state index contributed by atoms with van der Waals surface area (Å²) >= 11 is 0. The van der Waals surface area contributed by atoms with Crippen molar-refractivity contribution in [3.8, 4) is 0 Å². The number of aromatic amines is 1. The average Bonchev–Trinajstić information content (AvgIpc) is 2.95. The number of imidazole rings is 1. The molecule has 3 rings (SSSR count). The van der Waals surface area contributed by atoms with Gasteiger partial charge in [0.1, 0.15) is 0 Å². The lowest BCUT2D eigenvalue weighted by molar-refractivity contribution is 0.0698. The number of hydrogen-bond donors (Lipinski definition) is 3. The van der Waals surface area contributed by atoms with Gasteiger partial charge in [-0.05, 0) is 36.2 Å². The van der Waals surface area contributed by atoms with Gasteiger partial charge in [-0.2, -0.15) is 0 Å². The van der Waals surface area contributed by atoms with Gasteiger partial charge >= 0.3 is 5.97 Å². The number of aryl methyl sites for hydroxylation is 1. The molecule has 0 fully saturated rings. The summed E-state index contributed by atoms with van der Waals surface area (Å²) in [5.74, 6) is -0.989. The number of hydrogen-bond acceptors (Lipinski definition) is 4. The zero-order valence-corrected chi connectivity index (χ0v) is 13.2. The highest BCUT2D eigenvalue weighted by molar-refractivity contribution is 7.84. The molecule has 0 amide bonds. The Balaban J connectivity index is 1.96. The predicted octanol–water partition coefficient (Wildman–Crippen LogP) is 2.46. The Morgan fingerprint density at radius 1 is 1.30 bits per heavy atom. The number of carbonyl (C=O) groups is 1. The highest BCUT2D eigenvalue weighted by atomic mass is 32.2. The Bertz CT molecular complexity index is 900. The number of H-pyrrole nitrogens is 1. The van der Waals surface area contributed by atoms with Crippen molar-refractivity contribution in [3.05, 3.63) is 53.1 Å². The van der Waals surface area contributed by atoms with E-state index >= 15 is 0 Å². The van der Waals surface area contributed by atoms with Crippen LogP contribution in [0.25, 0.3) is 11.0 Å². The van der Waals surface area contributed by atoms with E-state index in [9.17, 15) is 9.00 Å². The van der Waals surface area contributed by atoms with Crippen LogP contribution in [0.15, 0.2) is 41.6 Å². The quantitative estimate of drug-likeness (QED) is 0.637. The second-order valence-electron chi connectivity index (χ2n) is 5.18. The van der Waals surface area contributed by atoms with Gasteiger partial charge in [-0.25, -0.2) is 9.78 Å². The Morgan fingerprint density at radius 2 is 2.04 bits per heavy atom. The Morgan fingerprint density at radius 3 is 2.74 bits per heavy atom. The van der Waals surface area contributed by atoms with Gasteiger partial charge in [-0.3, -0.25) is 4.21 Å². The van der Waals surface area contributed by atoms with Crippen molar-refractivity contribution in [1.82, 2.24) is 9.97 Å². The molecule has 6 nitrogen and oxygen atoms in total. The van der Waals surface area contributed by atoms with Gasteiger partial charge < -0.3 is 15.8 Å². The molecule has 0 aliphatic rings. The van der Waals surface area contributed by atoms with E-state index in [2.05, 4.69) is 9.97 Å². The summed E-state index contributed by atoms with van der Waals surface area (Å²) in [4.78, 5) is 18.5. The summed E-state index contributed by atoms with van der Waals surface area (Å²) in [5, 5.41) is 9.51. The van der Waals surface area contributed by atoms with Gasteiger partial charge in [0.25, 0.3) is 0 Å². The van der Waals surface area contributed by atoms with Crippen molar-refractivity contribution in [2.24, 2.45) is 0 Å². The number of benzene rings is 2. The molecular weight excluding hydrogens is 314 g/mol. The molecule has 0 aliphatic heterocycles. The number of para-hydroxylation sites is 2. The number of aromatic carboxylic acids is 1. The van der Waals surface area contributed by atoms with Crippen LogP contribution in [0.4, 0.5) is 5.69 Å². The molecule has 118 valence electrons. The molecule has 0 radical (unpaired) electrons. The van der Waals surface area contributed by atoms with Gasteiger partial charge in [-0.15, -0.1) is 0 Å². The van der Waals surface area contributed by atoms with E-state index in [1.807, 2.05) is 31.2 Å². The van der Waals surface area contributed by atoms with Gasteiger partial charge in [0, 0.05) is 0 Å². The third-order valence-corrected chi connectivity index (χ3v) is 4.86. The summed E-state index contributed by atoms with van der Waals surface area (Å²) in [6.07, 6.45) is 0. The first kappa shape index (κ1) is 15.2. The molecule has 1 aromatic heterocycles. The van der Waals surface area contributed by atoms with Crippen molar-refractivity contribution in [3.63, 3.8) is 0 Å². The smallest absolute Gasteiger partial charge is 0.337 e. The molecule has 1 unspecified atom stereocenters. The first-order chi connectivity index (χ1) is 11.0. The van der Waals surface area contributed by atoms with Crippen LogP contribution >= 0.6 is 0 Å². The van der Waals surface area contributed by atoms with E-state index in [1.165, 1.54) is 6.07 Å².